The second-order valence-corrected chi connectivity index (χ2v) is 4.78. The number of hydrogen-bond donors (Lipinski definition) is 1. The van der Waals surface area contributed by atoms with Crippen molar-refractivity contribution in [1.82, 2.24) is 9.97 Å². The van der Waals surface area contributed by atoms with E-state index in [4.69, 9.17) is 0 Å². The largest absolute Gasteiger partial charge is 0.433 e. The lowest BCUT2D eigenvalue weighted by Gasteiger charge is -2.29. The van der Waals surface area contributed by atoms with Crippen LogP contribution in [0.1, 0.15) is 38.3 Å². The SMILES string of the molecule is CC1CCCCC1Nc1nccc(C(F)(F)F)n1. The molecule has 0 aliphatic heterocycles. The first-order valence-electron chi connectivity index (χ1n) is 6.13. The van der Waals surface area contributed by atoms with Gasteiger partial charge in [0.05, 0.1) is 0 Å². The van der Waals surface area contributed by atoms with Crippen molar-refractivity contribution in [3.63, 3.8) is 0 Å². The maximum absolute atomic E-state index is 12.5. The fraction of sp³-hybridized carbons (Fsp3) is 0.667. The Morgan fingerprint density at radius 3 is 2.67 bits per heavy atom. The van der Waals surface area contributed by atoms with Crippen LogP contribution in [-0.2, 0) is 6.18 Å². The minimum Gasteiger partial charge on any atom is -0.351 e. The number of nitrogens with zero attached hydrogens (tertiary/aromatic N) is 2. The third-order valence-electron chi connectivity index (χ3n) is 3.37. The van der Waals surface area contributed by atoms with Gasteiger partial charge in [-0.15, -0.1) is 0 Å². The Morgan fingerprint density at radius 2 is 2.00 bits per heavy atom. The van der Waals surface area contributed by atoms with Crippen LogP contribution in [0.2, 0.25) is 0 Å². The Kier molecular flexibility index (Phi) is 3.73. The Morgan fingerprint density at radius 1 is 1.28 bits per heavy atom. The molecule has 0 saturated heterocycles. The molecule has 1 aromatic rings. The van der Waals surface area contributed by atoms with Crippen molar-refractivity contribution in [3.05, 3.63) is 18.0 Å². The van der Waals surface area contributed by atoms with Crippen LogP contribution < -0.4 is 5.32 Å². The molecule has 3 nitrogen and oxygen atoms in total. The number of nitrogens with one attached hydrogen (secondary N) is 1. The van der Waals surface area contributed by atoms with Gasteiger partial charge in [0.2, 0.25) is 5.95 Å². The van der Waals surface area contributed by atoms with Crippen molar-refractivity contribution >= 4 is 5.95 Å². The average Bonchev–Trinajstić information content (AvgIpc) is 2.31. The summed E-state index contributed by atoms with van der Waals surface area (Å²) in [5.41, 5.74) is -0.900. The van der Waals surface area contributed by atoms with E-state index in [1.165, 1.54) is 6.42 Å². The van der Waals surface area contributed by atoms with Gasteiger partial charge in [-0.05, 0) is 24.8 Å². The van der Waals surface area contributed by atoms with E-state index in [9.17, 15) is 13.2 Å². The number of rotatable bonds is 2. The van der Waals surface area contributed by atoms with Crippen LogP contribution in [0.5, 0.6) is 0 Å². The van der Waals surface area contributed by atoms with Crippen LogP contribution in [0.3, 0.4) is 0 Å². The lowest BCUT2D eigenvalue weighted by Crippen LogP contribution is -2.31. The van der Waals surface area contributed by atoms with Gasteiger partial charge < -0.3 is 5.32 Å². The molecule has 18 heavy (non-hydrogen) atoms. The number of alkyl halides is 3. The van der Waals surface area contributed by atoms with Gasteiger partial charge in [-0.1, -0.05) is 19.8 Å². The average molecular weight is 259 g/mol. The normalized spacial score (nSPS) is 24.9. The summed E-state index contributed by atoms with van der Waals surface area (Å²) in [6, 6.07) is 1.05. The van der Waals surface area contributed by atoms with Crippen molar-refractivity contribution in [3.8, 4) is 0 Å². The minimum atomic E-state index is -4.42. The highest BCUT2D eigenvalue weighted by Crippen LogP contribution is 2.29. The zero-order valence-electron chi connectivity index (χ0n) is 10.2. The lowest BCUT2D eigenvalue weighted by atomic mass is 9.86. The number of anilines is 1. The van der Waals surface area contributed by atoms with Gasteiger partial charge >= 0.3 is 6.18 Å². The van der Waals surface area contributed by atoms with Crippen LogP contribution in [0.25, 0.3) is 0 Å². The number of aromatic nitrogens is 2. The van der Waals surface area contributed by atoms with Crippen LogP contribution in [0.4, 0.5) is 19.1 Å². The molecule has 1 saturated carbocycles. The van der Waals surface area contributed by atoms with E-state index in [2.05, 4.69) is 22.2 Å². The van der Waals surface area contributed by atoms with Crippen molar-refractivity contribution in [2.45, 2.75) is 44.8 Å². The molecule has 2 unspecified atom stereocenters. The molecule has 1 aliphatic carbocycles. The smallest absolute Gasteiger partial charge is 0.351 e. The summed E-state index contributed by atoms with van der Waals surface area (Å²) in [7, 11) is 0. The summed E-state index contributed by atoms with van der Waals surface area (Å²) in [5, 5.41) is 3.02. The second-order valence-electron chi connectivity index (χ2n) is 4.78. The number of halogens is 3. The Hall–Kier alpha value is -1.33. The molecule has 0 spiro atoms. The summed E-state index contributed by atoms with van der Waals surface area (Å²) in [6.45, 7) is 2.10. The molecule has 2 atom stereocenters. The van der Waals surface area contributed by atoms with Gasteiger partial charge in [-0.2, -0.15) is 13.2 Å². The van der Waals surface area contributed by atoms with Gasteiger partial charge in [-0.3, -0.25) is 0 Å². The summed E-state index contributed by atoms with van der Waals surface area (Å²) in [6.07, 6.45) is 1.06. The highest BCUT2D eigenvalue weighted by atomic mass is 19.4. The minimum absolute atomic E-state index is 0.0728. The topological polar surface area (TPSA) is 37.8 Å². The van der Waals surface area contributed by atoms with Gasteiger partial charge in [-0.25, -0.2) is 9.97 Å². The molecule has 100 valence electrons. The van der Waals surface area contributed by atoms with E-state index in [0.29, 0.717) is 5.92 Å². The van der Waals surface area contributed by atoms with Crippen LogP contribution in [0.15, 0.2) is 12.3 Å². The van der Waals surface area contributed by atoms with E-state index in [-0.39, 0.29) is 12.0 Å². The fourth-order valence-corrected chi connectivity index (χ4v) is 2.28. The van der Waals surface area contributed by atoms with Gasteiger partial charge in [0.1, 0.15) is 5.69 Å². The maximum atomic E-state index is 12.5. The third kappa shape index (κ3) is 3.11. The highest BCUT2D eigenvalue weighted by molar-refractivity contribution is 5.28. The monoisotopic (exact) mass is 259 g/mol. The molecule has 6 heteroatoms. The second kappa shape index (κ2) is 5.12. The standard InChI is InChI=1S/C12H16F3N3/c1-8-4-2-3-5-9(8)17-11-16-7-6-10(18-11)12(13,14)15/h6-9H,2-5H2,1H3,(H,16,17,18). The Balaban J connectivity index is 2.09. The van der Waals surface area contributed by atoms with Crippen molar-refractivity contribution in [2.24, 2.45) is 5.92 Å². The summed E-state index contributed by atoms with van der Waals surface area (Å²) < 4.78 is 37.5. The molecule has 0 aromatic carbocycles. The van der Waals surface area contributed by atoms with Crippen LogP contribution in [0, 0.1) is 5.92 Å². The maximum Gasteiger partial charge on any atom is 0.433 e. The lowest BCUT2D eigenvalue weighted by molar-refractivity contribution is -0.141. The summed E-state index contributed by atoms with van der Waals surface area (Å²) in [4.78, 5) is 7.38. The fourth-order valence-electron chi connectivity index (χ4n) is 2.28. The van der Waals surface area contributed by atoms with E-state index < -0.39 is 11.9 Å². The van der Waals surface area contributed by atoms with E-state index in [1.807, 2.05) is 0 Å². The summed E-state index contributed by atoms with van der Waals surface area (Å²) >= 11 is 0. The Bertz CT molecular complexity index is 406. The molecule has 0 radical (unpaired) electrons. The van der Waals surface area contributed by atoms with E-state index >= 15 is 0 Å². The molecule has 0 bridgehead atoms. The molecule has 1 aromatic heterocycles. The van der Waals surface area contributed by atoms with E-state index in [1.54, 1.807) is 0 Å². The first-order chi connectivity index (χ1) is 8.47. The molecule has 1 heterocycles. The van der Waals surface area contributed by atoms with Crippen molar-refractivity contribution < 1.29 is 13.2 Å². The summed E-state index contributed by atoms with van der Waals surface area (Å²) in [5.74, 6) is 0.514. The predicted molar refractivity (Wildman–Crippen MR) is 62.1 cm³/mol. The quantitative estimate of drug-likeness (QED) is 0.883. The van der Waals surface area contributed by atoms with Crippen molar-refractivity contribution in [1.29, 1.82) is 0 Å². The zero-order valence-corrected chi connectivity index (χ0v) is 10.2. The molecule has 1 fully saturated rings. The molecular weight excluding hydrogens is 243 g/mol. The van der Waals surface area contributed by atoms with Gasteiger partial charge in [0.15, 0.2) is 0 Å². The van der Waals surface area contributed by atoms with Gasteiger partial charge in [0, 0.05) is 12.2 Å². The predicted octanol–water partition coefficient (Wildman–Crippen LogP) is 3.49. The first-order valence-corrected chi connectivity index (χ1v) is 6.13. The molecular formula is C12H16F3N3. The van der Waals surface area contributed by atoms with Crippen LogP contribution in [-0.4, -0.2) is 16.0 Å². The molecule has 1 N–H and O–H groups in total. The molecule has 2 rings (SSSR count). The van der Waals surface area contributed by atoms with Crippen molar-refractivity contribution in [2.75, 3.05) is 5.32 Å². The van der Waals surface area contributed by atoms with Crippen LogP contribution >= 0.6 is 0 Å². The zero-order chi connectivity index (χ0) is 13.2. The molecule has 0 amide bonds. The Labute approximate surface area is 104 Å². The highest BCUT2D eigenvalue weighted by Gasteiger charge is 2.33. The van der Waals surface area contributed by atoms with E-state index in [0.717, 1.165) is 31.5 Å². The molecule has 1 aliphatic rings. The third-order valence-corrected chi connectivity index (χ3v) is 3.37. The first kappa shape index (κ1) is 13.1. The van der Waals surface area contributed by atoms with Gasteiger partial charge in [0.25, 0.3) is 0 Å². The number of hydrogen-bond acceptors (Lipinski definition) is 3.